The lowest BCUT2D eigenvalue weighted by atomic mass is 10.2. The van der Waals surface area contributed by atoms with E-state index in [4.69, 9.17) is 9.84 Å². The Morgan fingerprint density at radius 2 is 2.29 bits per heavy atom. The Labute approximate surface area is 94.1 Å². The summed E-state index contributed by atoms with van der Waals surface area (Å²) in [6.07, 6.45) is -2.35. The minimum absolute atomic E-state index is 0.0579. The van der Waals surface area contributed by atoms with Crippen LogP contribution in [0.5, 0.6) is 0 Å². The fraction of sp³-hybridized carbons (Fsp3) is 0.556. The van der Waals surface area contributed by atoms with Crippen LogP contribution in [0.3, 0.4) is 0 Å². The van der Waals surface area contributed by atoms with Gasteiger partial charge in [-0.05, 0) is 0 Å². The predicted octanol–water partition coefficient (Wildman–Crippen LogP) is -1.68. The smallest absolute Gasteiger partial charge is 0.330 e. The number of H-pyrrole nitrogens is 1. The molecule has 0 saturated carbocycles. The quantitative estimate of drug-likeness (QED) is 0.578. The Bertz CT molecular complexity index is 525. The number of hydrogen-bond acceptors (Lipinski definition) is 5. The van der Waals surface area contributed by atoms with Crippen LogP contribution in [0.25, 0.3) is 0 Å². The third-order valence-corrected chi connectivity index (χ3v) is 2.64. The van der Waals surface area contributed by atoms with Crippen molar-refractivity contribution < 1.29 is 19.3 Å². The molecule has 1 aliphatic heterocycles. The Balaban J connectivity index is 2.40. The summed E-state index contributed by atoms with van der Waals surface area (Å²) in [6.45, 7) is -0.445. The van der Waals surface area contributed by atoms with Crippen LogP contribution in [0.15, 0.2) is 15.8 Å². The van der Waals surface area contributed by atoms with E-state index in [2.05, 4.69) is 0 Å². The van der Waals surface area contributed by atoms with Gasteiger partial charge in [-0.1, -0.05) is 0 Å². The van der Waals surface area contributed by atoms with Gasteiger partial charge in [0.25, 0.3) is 5.56 Å². The van der Waals surface area contributed by atoms with E-state index in [0.29, 0.717) is 10.8 Å². The molecule has 1 unspecified atom stereocenters. The fourth-order valence-corrected chi connectivity index (χ4v) is 1.76. The largest absolute Gasteiger partial charge is 0.394 e. The van der Waals surface area contributed by atoms with Gasteiger partial charge in [0.05, 0.1) is 12.7 Å². The van der Waals surface area contributed by atoms with Crippen LogP contribution in [0.4, 0.5) is 4.39 Å². The van der Waals surface area contributed by atoms with Gasteiger partial charge in [0.15, 0.2) is 0 Å². The highest BCUT2D eigenvalue weighted by molar-refractivity contribution is 4.91. The van der Waals surface area contributed by atoms with Crippen molar-refractivity contribution in [3.8, 4) is 0 Å². The van der Waals surface area contributed by atoms with E-state index in [1.807, 2.05) is 4.98 Å². The first-order chi connectivity index (χ1) is 8.04. The van der Waals surface area contributed by atoms with Gasteiger partial charge in [0.1, 0.15) is 12.3 Å². The van der Waals surface area contributed by atoms with Crippen LogP contribution in [0.1, 0.15) is 12.6 Å². The molecule has 1 aliphatic rings. The number of aliphatic hydroxyl groups excluding tert-OH is 2. The maximum atomic E-state index is 13.0. The molecule has 17 heavy (non-hydrogen) atoms. The van der Waals surface area contributed by atoms with Crippen LogP contribution >= 0.6 is 0 Å². The summed E-state index contributed by atoms with van der Waals surface area (Å²) in [5, 5.41) is 18.3. The second kappa shape index (κ2) is 4.40. The van der Waals surface area contributed by atoms with Gasteiger partial charge in [0, 0.05) is 12.6 Å². The number of hydrogen-bond donors (Lipinski definition) is 3. The molecule has 7 nitrogen and oxygen atoms in total. The van der Waals surface area contributed by atoms with Crippen LogP contribution in [-0.4, -0.2) is 38.6 Å². The van der Waals surface area contributed by atoms with E-state index >= 15 is 0 Å². The summed E-state index contributed by atoms with van der Waals surface area (Å²) in [5.41, 5.74) is -1.95. The highest BCUT2D eigenvalue weighted by atomic mass is 19.1. The summed E-state index contributed by atoms with van der Waals surface area (Å²) >= 11 is 0. The van der Waals surface area contributed by atoms with Crippen molar-refractivity contribution >= 4 is 0 Å². The molecular formula is C9H11FN2O5. The predicted molar refractivity (Wildman–Crippen MR) is 52.9 cm³/mol. The van der Waals surface area contributed by atoms with Crippen LogP contribution < -0.4 is 11.2 Å². The third-order valence-electron chi connectivity index (χ3n) is 2.64. The molecule has 1 saturated heterocycles. The molecule has 1 aromatic rings. The van der Waals surface area contributed by atoms with Crippen molar-refractivity contribution in [2.45, 2.75) is 24.9 Å². The zero-order valence-electron chi connectivity index (χ0n) is 8.67. The Morgan fingerprint density at radius 1 is 1.59 bits per heavy atom. The number of ether oxygens (including phenoxy) is 1. The molecule has 8 heteroatoms. The maximum absolute atomic E-state index is 13.0. The van der Waals surface area contributed by atoms with Crippen LogP contribution in [0.2, 0.25) is 0 Å². The summed E-state index contributed by atoms with van der Waals surface area (Å²) in [4.78, 5) is 24.9. The molecule has 1 aromatic heterocycles. The van der Waals surface area contributed by atoms with Crippen molar-refractivity contribution in [2.24, 2.45) is 0 Å². The number of rotatable bonds is 2. The number of nitrogens with zero attached hydrogens (tertiary/aromatic N) is 1. The van der Waals surface area contributed by atoms with Gasteiger partial charge in [-0.15, -0.1) is 0 Å². The first-order valence-corrected chi connectivity index (χ1v) is 4.98. The summed E-state index contributed by atoms with van der Waals surface area (Å²) < 4.78 is 18.7. The van der Waals surface area contributed by atoms with E-state index in [9.17, 15) is 19.1 Å². The topological polar surface area (TPSA) is 105 Å². The maximum Gasteiger partial charge on any atom is 0.330 e. The average Bonchev–Trinajstić information content (AvgIpc) is 2.65. The van der Waals surface area contributed by atoms with Gasteiger partial charge < -0.3 is 19.9 Å². The van der Waals surface area contributed by atoms with Crippen molar-refractivity contribution in [1.29, 1.82) is 0 Å². The molecule has 3 N–H and O–H groups in total. The molecule has 0 aromatic carbocycles. The van der Waals surface area contributed by atoms with Crippen molar-refractivity contribution in [2.75, 3.05) is 6.61 Å². The number of halogens is 1. The molecule has 2 rings (SSSR count). The zero-order chi connectivity index (χ0) is 12.6. The number of aliphatic hydroxyl groups is 2. The molecule has 2 heterocycles. The molecule has 0 amide bonds. The van der Waals surface area contributed by atoms with E-state index in [1.54, 1.807) is 0 Å². The standard InChI is InChI=1S/C9H11FN2O5/c10-4-2-11-9(16)12(8(4)15)7-1-5(14)6(3-13)17-7/h2,5-7,13-14H,1,3H2,(H,11,16)/t5?,6-,7-/m1/s1. The van der Waals surface area contributed by atoms with Crippen molar-refractivity contribution in [3.05, 3.63) is 32.9 Å². The Morgan fingerprint density at radius 3 is 2.88 bits per heavy atom. The van der Waals surface area contributed by atoms with Crippen LogP contribution in [-0.2, 0) is 4.74 Å². The highest BCUT2D eigenvalue weighted by Crippen LogP contribution is 2.26. The van der Waals surface area contributed by atoms with Gasteiger partial charge in [0.2, 0.25) is 5.82 Å². The SMILES string of the molecule is O=c1[nH]cc(F)c(=O)n1[C@H]1CC(O)[C@@H](CO)O1. The molecule has 94 valence electrons. The molecular weight excluding hydrogens is 235 g/mol. The first-order valence-electron chi connectivity index (χ1n) is 4.98. The van der Waals surface area contributed by atoms with Gasteiger partial charge in [-0.3, -0.25) is 4.79 Å². The highest BCUT2D eigenvalue weighted by Gasteiger charge is 2.36. The lowest BCUT2D eigenvalue weighted by Crippen LogP contribution is -2.39. The molecule has 0 spiro atoms. The number of nitrogens with one attached hydrogen (secondary N) is 1. The minimum Gasteiger partial charge on any atom is -0.394 e. The summed E-state index contributed by atoms with van der Waals surface area (Å²) in [6, 6.07) is 0. The second-order valence-electron chi connectivity index (χ2n) is 3.73. The molecule has 1 fully saturated rings. The van der Waals surface area contributed by atoms with Crippen molar-refractivity contribution in [1.82, 2.24) is 9.55 Å². The summed E-state index contributed by atoms with van der Waals surface area (Å²) in [7, 11) is 0. The van der Waals surface area contributed by atoms with Gasteiger partial charge >= 0.3 is 5.69 Å². The minimum atomic E-state index is -1.12. The van der Waals surface area contributed by atoms with Crippen LogP contribution in [0, 0.1) is 5.82 Å². The first kappa shape index (κ1) is 12.0. The molecule has 0 radical (unpaired) electrons. The normalized spacial score (nSPS) is 28.5. The monoisotopic (exact) mass is 246 g/mol. The van der Waals surface area contributed by atoms with E-state index < -0.39 is 42.1 Å². The number of aromatic amines is 1. The van der Waals surface area contributed by atoms with E-state index in [1.165, 1.54) is 0 Å². The zero-order valence-corrected chi connectivity index (χ0v) is 8.67. The van der Waals surface area contributed by atoms with E-state index in [0.717, 1.165) is 0 Å². The lowest BCUT2D eigenvalue weighted by Gasteiger charge is -2.13. The fourth-order valence-electron chi connectivity index (χ4n) is 1.76. The molecule has 0 aliphatic carbocycles. The average molecular weight is 246 g/mol. The van der Waals surface area contributed by atoms with E-state index in [-0.39, 0.29) is 6.42 Å². The Hall–Kier alpha value is -1.51. The number of aromatic nitrogens is 2. The Kier molecular flexibility index (Phi) is 3.09. The van der Waals surface area contributed by atoms with Gasteiger partial charge in [-0.25, -0.2) is 9.36 Å². The lowest BCUT2D eigenvalue weighted by molar-refractivity contribution is -0.0472. The van der Waals surface area contributed by atoms with Gasteiger partial charge in [-0.2, -0.15) is 4.39 Å². The molecule has 3 atom stereocenters. The second-order valence-corrected chi connectivity index (χ2v) is 3.73. The van der Waals surface area contributed by atoms with Crippen molar-refractivity contribution in [3.63, 3.8) is 0 Å². The summed E-state index contributed by atoms with van der Waals surface area (Å²) in [5.74, 6) is -1.12. The molecule has 0 bridgehead atoms. The third kappa shape index (κ3) is 2.02.